The van der Waals surface area contributed by atoms with Crippen molar-refractivity contribution in [3.05, 3.63) is 78.0 Å². The number of aliphatic carboxylic acids is 1. The van der Waals surface area contributed by atoms with Gasteiger partial charge in [0, 0.05) is 50.3 Å². The first kappa shape index (κ1) is 30.9. The lowest BCUT2D eigenvalue weighted by atomic mass is 10.1. The summed E-state index contributed by atoms with van der Waals surface area (Å²) in [4.78, 5) is 62.6. The van der Waals surface area contributed by atoms with Gasteiger partial charge in [-0.15, -0.1) is 0 Å². The van der Waals surface area contributed by atoms with Crippen LogP contribution in [-0.2, 0) is 14.3 Å². The molecule has 1 aromatic heterocycles. The number of piperazine rings is 1. The first-order valence-electron chi connectivity index (χ1n) is 14.2. The van der Waals surface area contributed by atoms with Gasteiger partial charge >= 0.3 is 12.1 Å². The molecule has 1 aliphatic heterocycles. The van der Waals surface area contributed by atoms with Crippen LogP contribution in [0, 0.1) is 0 Å². The maximum absolute atomic E-state index is 13.6. The Balaban J connectivity index is 1.55. The second-order valence-corrected chi connectivity index (χ2v) is 10.1. The van der Waals surface area contributed by atoms with E-state index < -0.39 is 29.9 Å². The number of nitrogens with one attached hydrogen (secondary N) is 2. The minimum Gasteiger partial charge on any atom is -0.481 e. The Morgan fingerprint density at radius 3 is 2.19 bits per heavy atom. The van der Waals surface area contributed by atoms with Gasteiger partial charge in [0.15, 0.2) is 5.82 Å². The Labute approximate surface area is 250 Å². The smallest absolute Gasteiger partial charge is 0.409 e. The Bertz CT molecular complexity index is 1410. The van der Waals surface area contributed by atoms with Crippen molar-refractivity contribution in [2.24, 2.45) is 0 Å². The molecule has 0 saturated carbocycles. The highest BCUT2D eigenvalue weighted by atomic mass is 16.6. The highest BCUT2D eigenvalue weighted by Crippen LogP contribution is 2.22. The van der Waals surface area contributed by atoms with Crippen LogP contribution in [0.4, 0.5) is 10.6 Å². The third-order valence-electron chi connectivity index (χ3n) is 7.02. The summed E-state index contributed by atoms with van der Waals surface area (Å²) in [5, 5.41) is 15.3. The molecule has 0 aliphatic carbocycles. The van der Waals surface area contributed by atoms with Gasteiger partial charge in [0.25, 0.3) is 5.91 Å². The van der Waals surface area contributed by atoms with Crippen LogP contribution in [0.15, 0.2) is 66.7 Å². The fraction of sp³-hybridized carbons (Fsp3) is 0.355. The van der Waals surface area contributed by atoms with Gasteiger partial charge in [0.1, 0.15) is 17.6 Å². The number of rotatable bonds is 11. The summed E-state index contributed by atoms with van der Waals surface area (Å²) < 4.78 is 5.04. The van der Waals surface area contributed by atoms with Crippen molar-refractivity contribution in [2.75, 3.05) is 38.1 Å². The maximum atomic E-state index is 13.6. The fourth-order valence-electron chi connectivity index (χ4n) is 4.70. The molecule has 1 saturated heterocycles. The summed E-state index contributed by atoms with van der Waals surface area (Å²) in [5.41, 5.74) is 1.75. The second kappa shape index (κ2) is 14.8. The average molecular weight is 589 g/mol. The van der Waals surface area contributed by atoms with Crippen LogP contribution < -0.4 is 10.6 Å². The van der Waals surface area contributed by atoms with Gasteiger partial charge in [-0.3, -0.25) is 14.4 Å². The van der Waals surface area contributed by atoms with E-state index in [1.165, 1.54) is 15.9 Å². The van der Waals surface area contributed by atoms with E-state index >= 15 is 0 Å². The highest BCUT2D eigenvalue weighted by molar-refractivity contribution is 5.97. The molecule has 0 spiro atoms. The lowest BCUT2D eigenvalue weighted by Crippen LogP contribution is -2.56. The molecule has 1 aliphatic rings. The molecular formula is C31H36N6O6. The van der Waals surface area contributed by atoms with E-state index in [0.717, 1.165) is 5.56 Å². The highest BCUT2D eigenvalue weighted by Gasteiger charge is 2.31. The monoisotopic (exact) mass is 588 g/mol. The largest absolute Gasteiger partial charge is 0.481 e. The third kappa shape index (κ3) is 8.51. The van der Waals surface area contributed by atoms with Crippen LogP contribution in [0.25, 0.3) is 11.4 Å². The summed E-state index contributed by atoms with van der Waals surface area (Å²) in [7, 11) is 0. The van der Waals surface area contributed by atoms with E-state index in [0.29, 0.717) is 17.2 Å². The van der Waals surface area contributed by atoms with E-state index in [1.807, 2.05) is 67.6 Å². The molecule has 12 heteroatoms. The predicted octanol–water partition coefficient (Wildman–Crippen LogP) is 3.58. The number of anilines is 1. The number of carbonyl (C=O) groups excluding carboxylic acids is 3. The molecular weight excluding hydrogens is 552 g/mol. The molecule has 0 radical (unpaired) electrons. The average Bonchev–Trinajstić information content (AvgIpc) is 3.03. The quantitative estimate of drug-likeness (QED) is 0.305. The number of nitrogens with zero attached hydrogens (tertiary/aromatic N) is 4. The van der Waals surface area contributed by atoms with Gasteiger partial charge in [0.2, 0.25) is 5.91 Å². The van der Waals surface area contributed by atoms with Gasteiger partial charge in [-0.2, -0.15) is 0 Å². The first-order valence-corrected chi connectivity index (χ1v) is 14.2. The van der Waals surface area contributed by atoms with E-state index in [1.54, 1.807) is 6.92 Å². The summed E-state index contributed by atoms with van der Waals surface area (Å²) in [6.07, 6.45) is -0.876. The number of hydrogen-bond acceptors (Lipinski definition) is 8. The Morgan fingerprint density at radius 1 is 0.930 bits per heavy atom. The third-order valence-corrected chi connectivity index (χ3v) is 7.02. The number of ether oxygens (including phenoxy) is 1. The maximum Gasteiger partial charge on any atom is 0.409 e. The van der Waals surface area contributed by atoms with Crippen molar-refractivity contribution in [1.82, 2.24) is 25.1 Å². The molecule has 3 aromatic rings. The van der Waals surface area contributed by atoms with Crippen molar-refractivity contribution in [2.45, 2.75) is 38.8 Å². The van der Waals surface area contributed by atoms with E-state index in [2.05, 4.69) is 20.6 Å². The summed E-state index contributed by atoms with van der Waals surface area (Å²) >= 11 is 0. The van der Waals surface area contributed by atoms with Gasteiger partial charge in [0.05, 0.1) is 6.61 Å². The van der Waals surface area contributed by atoms with Gasteiger partial charge in [-0.25, -0.2) is 14.8 Å². The van der Waals surface area contributed by atoms with Crippen molar-refractivity contribution in [1.29, 1.82) is 0 Å². The van der Waals surface area contributed by atoms with Crippen molar-refractivity contribution in [3.63, 3.8) is 0 Å². The molecule has 1 fully saturated rings. The zero-order valence-corrected chi connectivity index (χ0v) is 24.2. The summed E-state index contributed by atoms with van der Waals surface area (Å²) in [6, 6.07) is 19.2. The second-order valence-electron chi connectivity index (χ2n) is 10.1. The number of carboxylic acid groups (broad SMARTS) is 1. The lowest BCUT2D eigenvalue weighted by Gasteiger charge is -2.35. The van der Waals surface area contributed by atoms with Gasteiger partial charge in [-0.05, 0) is 25.8 Å². The first-order chi connectivity index (χ1) is 20.7. The number of hydrogen-bond donors (Lipinski definition) is 3. The zero-order valence-electron chi connectivity index (χ0n) is 24.2. The Kier molecular flexibility index (Phi) is 10.6. The minimum atomic E-state index is -1.10. The Hall–Kier alpha value is -5.00. The molecule has 2 heterocycles. The molecule has 226 valence electrons. The Morgan fingerprint density at radius 2 is 1.56 bits per heavy atom. The SMILES string of the molecule is CCOC(=O)N1CCN(C(=O)C(CCC(=O)O)NC(=O)c2cc(N[C@H](C)c3ccccc3)nc(-c3ccccc3)n2)CC1. The number of aromatic nitrogens is 2. The topological polar surface area (TPSA) is 154 Å². The number of carboxylic acids is 1. The molecule has 3 N–H and O–H groups in total. The lowest BCUT2D eigenvalue weighted by molar-refractivity contribution is -0.138. The van der Waals surface area contributed by atoms with Crippen LogP contribution in [0.3, 0.4) is 0 Å². The van der Waals surface area contributed by atoms with Crippen molar-refractivity contribution in [3.8, 4) is 11.4 Å². The van der Waals surface area contributed by atoms with Crippen molar-refractivity contribution >= 4 is 29.7 Å². The summed E-state index contributed by atoms with van der Waals surface area (Å²) in [6.45, 7) is 4.94. The molecule has 2 aromatic carbocycles. The number of amides is 3. The van der Waals surface area contributed by atoms with E-state index in [9.17, 15) is 24.3 Å². The van der Waals surface area contributed by atoms with Gasteiger partial charge < -0.3 is 30.3 Å². The minimum absolute atomic E-state index is 0.0249. The standard InChI is InChI=1S/C31H36N6O6/c1-3-43-31(42)37-18-16-36(17-19-37)30(41)24(14-15-27(38)39)34-29(40)25-20-26(32-21(2)22-10-6-4-7-11-22)35-28(33-25)23-12-8-5-9-13-23/h4-13,20-21,24H,3,14-19H2,1-2H3,(H,34,40)(H,38,39)(H,32,33,35)/t21-,24?/m1/s1. The predicted molar refractivity (Wildman–Crippen MR) is 159 cm³/mol. The van der Waals surface area contributed by atoms with Crippen LogP contribution in [0.1, 0.15) is 48.8 Å². The molecule has 43 heavy (non-hydrogen) atoms. The summed E-state index contributed by atoms with van der Waals surface area (Å²) in [5.74, 6) is -1.41. The van der Waals surface area contributed by atoms with E-state index in [-0.39, 0.29) is 57.4 Å². The van der Waals surface area contributed by atoms with Crippen LogP contribution in [0.2, 0.25) is 0 Å². The van der Waals surface area contributed by atoms with Gasteiger partial charge in [-0.1, -0.05) is 60.7 Å². The van der Waals surface area contributed by atoms with Crippen molar-refractivity contribution < 1.29 is 29.0 Å². The molecule has 12 nitrogen and oxygen atoms in total. The molecule has 1 unspecified atom stereocenters. The van der Waals surface area contributed by atoms with Crippen LogP contribution in [0.5, 0.6) is 0 Å². The molecule has 0 bridgehead atoms. The van der Waals surface area contributed by atoms with E-state index in [4.69, 9.17) is 4.74 Å². The molecule has 2 atom stereocenters. The van der Waals surface area contributed by atoms with Crippen LogP contribution in [-0.4, -0.2) is 87.6 Å². The molecule has 3 amide bonds. The molecule has 4 rings (SSSR count). The normalized spacial score (nSPS) is 14.4. The number of carbonyl (C=O) groups is 4. The zero-order chi connectivity index (χ0) is 30.8. The van der Waals surface area contributed by atoms with Crippen LogP contribution >= 0.6 is 0 Å². The fourth-order valence-corrected chi connectivity index (χ4v) is 4.70. The number of benzene rings is 2.